The Morgan fingerprint density at radius 2 is 2.00 bits per heavy atom. The average molecular weight is 348 g/mol. The fourth-order valence-corrected chi connectivity index (χ4v) is 2.66. The topological polar surface area (TPSA) is 85.9 Å². The molecule has 0 spiro atoms. The van der Waals surface area contributed by atoms with Crippen molar-refractivity contribution in [3.05, 3.63) is 42.1 Å². The molecular formula is C18H24N2O5. The van der Waals surface area contributed by atoms with Crippen LogP contribution in [0.3, 0.4) is 0 Å². The van der Waals surface area contributed by atoms with Crippen molar-refractivity contribution in [3.63, 3.8) is 0 Å². The van der Waals surface area contributed by atoms with Gasteiger partial charge in [-0.05, 0) is 19.9 Å². The van der Waals surface area contributed by atoms with E-state index in [2.05, 4.69) is 17.2 Å². The van der Waals surface area contributed by atoms with E-state index >= 15 is 0 Å². The van der Waals surface area contributed by atoms with E-state index in [0.717, 1.165) is 0 Å². The Labute approximate surface area is 147 Å². The van der Waals surface area contributed by atoms with Crippen molar-refractivity contribution in [1.29, 1.82) is 0 Å². The van der Waals surface area contributed by atoms with Gasteiger partial charge in [0.15, 0.2) is 0 Å². The lowest BCUT2D eigenvalue weighted by atomic mass is 9.88. The molecule has 0 aliphatic carbocycles. The number of para-hydroxylation sites is 1. The van der Waals surface area contributed by atoms with E-state index in [1.165, 1.54) is 7.11 Å². The van der Waals surface area contributed by atoms with Gasteiger partial charge in [0.05, 0.1) is 25.9 Å². The van der Waals surface area contributed by atoms with Crippen LogP contribution in [-0.4, -0.2) is 38.4 Å². The molecule has 7 nitrogen and oxygen atoms in total. The number of benzene rings is 1. The maximum atomic E-state index is 12.6. The van der Waals surface area contributed by atoms with Crippen LogP contribution in [0.4, 0.5) is 4.79 Å². The maximum Gasteiger partial charge on any atom is 0.319 e. The first kappa shape index (κ1) is 18.8. The number of methoxy groups -OCH3 is 1. The van der Waals surface area contributed by atoms with Crippen molar-refractivity contribution < 1.29 is 23.8 Å². The monoisotopic (exact) mass is 348 g/mol. The summed E-state index contributed by atoms with van der Waals surface area (Å²) in [6.07, 6.45) is 0.0608. The zero-order valence-corrected chi connectivity index (χ0v) is 14.7. The Bertz CT molecular complexity index is 644. The van der Waals surface area contributed by atoms with Crippen LogP contribution in [-0.2, 0) is 14.3 Å². The lowest BCUT2D eigenvalue weighted by Crippen LogP contribution is -2.51. The highest BCUT2D eigenvalue weighted by Gasteiger charge is 2.40. The van der Waals surface area contributed by atoms with Gasteiger partial charge in [-0.3, -0.25) is 4.79 Å². The summed E-state index contributed by atoms with van der Waals surface area (Å²) in [5, 5.41) is 5.29. The van der Waals surface area contributed by atoms with Gasteiger partial charge in [-0.2, -0.15) is 0 Å². The van der Waals surface area contributed by atoms with Crippen molar-refractivity contribution in [1.82, 2.24) is 10.6 Å². The first-order valence-electron chi connectivity index (χ1n) is 8.11. The smallest absolute Gasteiger partial charge is 0.319 e. The average Bonchev–Trinajstić information content (AvgIpc) is 2.57. The summed E-state index contributed by atoms with van der Waals surface area (Å²) in [6, 6.07) is 6.14. The van der Waals surface area contributed by atoms with Gasteiger partial charge >= 0.3 is 12.0 Å². The quantitative estimate of drug-likeness (QED) is 0.582. The van der Waals surface area contributed by atoms with Gasteiger partial charge in [-0.25, -0.2) is 4.79 Å². The van der Waals surface area contributed by atoms with Crippen LogP contribution in [0.1, 0.15) is 25.5 Å². The molecule has 0 saturated carbocycles. The molecule has 2 amide bonds. The molecule has 1 heterocycles. The Kier molecular flexibility index (Phi) is 6.41. The predicted molar refractivity (Wildman–Crippen MR) is 92.1 cm³/mol. The van der Waals surface area contributed by atoms with E-state index in [4.69, 9.17) is 14.2 Å². The number of urea groups is 1. The SMILES string of the molecule is C=C1NC(=O)N[C@H](c2ccccc2OC)[C@@H]1C(=O)OCCOC(C)C. The standard InChI is InChI=1S/C18H24N2O5/c1-11(2)24-9-10-25-17(21)15-12(3)19-18(22)20-16(15)13-7-5-6-8-14(13)23-4/h5-8,11,15-16H,3,9-10H2,1-2,4H3,(H2,19,20,22)/t15-,16-/m1/s1. The zero-order valence-electron chi connectivity index (χ0n) is 14.7. The molecule has 0 radical (unpaired) electrons. The van der Waals surface area contributed by atoms with Crippen molar-refractivity contribution in [2.24, 2.45) is 5.92 Å². The third-order valence-electron chi connectivity index (χ3n) is 3.78. The highest BCUT2D eigenvalue weighted by Crippen LogP contribution is 2.35. The molecule has 1 saturated heterocycles. The molecule has 136 valence electrons. The van der Waals surface area contributed by atoms with Gasteiger partial charge in [0.2, 0.25) is 0 Å². The molecule has 0 bridgehead atoms. The highest BCUT2D eigenvalue weighted by molar-refractivity contribution is 5.85. The Morgan fingerprint density at radius 1 is 1.28 bits per heavy atom. The molecular weight excluding hydrogens is 324 g/mol. The molecule has 2 atom stereocenters. The highest BCUT2D eigenvalue weighted by atomic mass is 16.6. The minimum Gasteiger partial charge on any atom is -0.496 e. The lowest BCUT2D eigenvalue weighted by molar-refractivity contribution is -0.150. The fraction of sp³-hybridized carbons (Fsp3) is 0.444. The van der Waals surface area contributed by atoms with Gasteiger partial charge in [0, 0.05) is 11.3 Å². The summed E-state index contributed by atoms with van der Waals surface area (Å²) in [5.41, 5.74) is 0.968. The second-order valence-corrected chi connectivity index (χ2v) is 5.91. The van der Waals surface area contributed by atoms with Gasteiger partial charge in [-0.15, -0.1) is 0 Å². The minimum absolute atomic E-state index is 0.0608. The third kappa shape index (κ3) is 4.73. The molecule has 25 heavy (non-hydrogen) atoms. The summed E-state index contributed by atoms with van der Waals surface area (Å²) in [5.74, 6) is -0.683. The number of rotatable bonds is 7. The second kappa shape index (κ2) is 8.53. The first-order valence-corrected chi connectivity index (χ1v) is 8.11. The van der Waals surface area contributed by atoms with E-state index < -0.39 is 24.0 Å². The molecule has 2 N–H and O–H groups in total. The number of carbonyl (C=O) groups excluding carboxylic acids is 2. The molecule has 7 heteroatoms. The lowest BCUT2D eigenvalue weighted by Gasteiger charge is -2.33. The van der Waals surface area contributed by atoms with Gasteiger partial charge in [-0.1, -0.05) is 24.8 Å². The van der Waals surface area contributed by atoms with Gasteiger partial charge < -0.3 is 24.8 Å². The normalized spacial score (nSPS) is 20.0. The van der Waals surface area contributed by atoms with Crippen LogP contribution in [0.2, 0.25) is 0 Å². The molecule has 1 aliphatic heterocycles. The minimum atomic E-state index is -0.770. The fourth-order valence-electron chi connectivity index (χ4n) is 2.66. The molecule has 2 rings (SSSR count). The van der Waals surface area contributed by atoms with Crippen molar-refractivity contribution in [2.75, 3.05) is 20.3 Å². The molecule has 0 unspecified atom stereocenters. The van der Waals surface area contributed by atoms with Crippen molar-refractivity contribution in [3.8, 4) is 5.75 Å². The largest absolute Gasteiger partial charge is 0.496 e. The maximum absolute atomic E-state index is 12.6. The molecule has 1 aromatic carbocycles. The summed E-state index contributed by atoms with van der Waals surface area (Å²) in [6.45, 7) is 8.06. The number of hydrogen-bond acceptors (Lipinski definition) is 5. The Balaban J connectivity index is 2.18. The Hall–Kier alpha value is -2.54. The first-order chi connectivity index (χ1) is 11.9. The van der Waals surface area contributed by atoms with Gasteiger partial charge in [0.1, 0.15) is 18.3 Å². The van der Waals surface area contributed by atoms with Crippen molar-refractivity contribution >= 4 is 12.0 Å². The van der Waals surface area contributed by atoms with Crippen LogP contribution in [0, 0.1) is 5.92 Å². The molecule has 1 aromatic rings. The van der Waals surface area contributed by atoms with Crippen LogP contribution in [0.25, 0.3) is 0 Å². The summed E-state index contributed by atoms with van der Waals surface area (Å²) in [7, 11) is 1.53. The zero-order chi connectivity index (χ0) is 18.4. The summed E-state index contributed by atoms with van der Waals surface area (Å²) in [4.78, 5) is 24.4. The molecule has 1 fully saturated rings. The van der Waals surface area contributed by atoms with E-state index in [-0.39, 0.29) is 18.4 Å². The van der Waals surface area contributed by atoms with Crippen LogP contribution < -0.4 is 15.4 Å². The van der Waals surface area contributed by atoms with E-state index in [1.807, 2.05) is 26.0 Å². The number of amides is 2. The number of hydrogen-bond donors (Lipinski definition) is 2. The van der Waals surface area contributed by atoms with Gasteiger partial charge in [0.25, 0.3) is 0 Å². The van der Waals surface area contributed by atoms with Crippen LogP contribution in [0.5, 0.6) is 5.75 Å². The summed E-state index contributed by atoms with van der Waals surface area (Å²) >= 11 is 0. The number of nitrogens with one attached hydrogen (secondary N) is 2. The van der Waals surface area contributed by atoms with E-state index in [9.17, 15) is 9.59 Å². The van der Waals surface area contributed by atoms with Crippen molar-refractivity contribution in [2.45, 2.75) is 26.0 Å². The molecule has 0 aromatic heterocycles. The number of carbonyl (C=O) groups is 2. The second-order valence-electron chi connectivity index (χ2n) is 5.91. The third-order valence-corrected chi connectivity index (χ3v) is 3.78. The molecule has 1 aliphatic rings. The number of ether oxygens (including phenoxy) is 3. The van der Waals surface area contributed by atoms with Crippen LogP contribution in [0.15, 0.2) is 36.5 Å². The van der Waals surface area contributed by atoms with Crippen LogP contribution >= 0.6 is 0 Å². The van der Waals surface area contributed by atoms with E-state index in [0.29, 0.717) is 17.9 Å². The summed E-state index contributed by atoms with van der Waals surface area (Å²) < 4.78 is 16.0. The Morgan fingerprint density at radius 3 is 2.68 bits per heavy atom. The van der Waals surface area contributed by atoms with E-state index in [1.54, 1.807) is 12.1 Å². The predicted octanol–water partition coefficient (Wildman–Crippen LogP) is 2.15. The number of esters is 1.